The van der Waals surface area contributed by atoms with Crippen molar-refractivity contribution in [1.29, 1.82) is 0 Å². The van der Waals surface area contributed by atoms with Gasteiger partial charge in [0.25, 0.3) is 0 Å². The molecular weight excluding hydrogens is 256 g/mol. The van der Waals surface area contributed by atoms with Crippen LogP contribution in [0.4, 0.5) is 0 Å². The normalized spacial score (nSPS) is 22.3. The van der Waals surface area contributed by atoms with Crippen molar-refractivity contribution in [2.75, 3.05) is 13.2 Å². The molecule has 1 aliphatic carbocycles. The average molecular weight is 278 g/mol. The van der Waals surface area contributed by atoms with Gasteiger partial charge < -0.3 is 9.47 Å². The molecule has 1 aliphatic rings. The van der Waals surface area contributed by atoms with E-state index < -0.39 is 11.8 Å². The Balaban J connectivity index is 2.59. The molecule has 20 heavy (non-hydrogen) atoms. The van der Waals surface area contributed by atoms with E-state index >= 15 is 0 Å². The SMILES string of the molecule is C/C=C/COC(=O)C1CC=CCC1C(=O)OC/C=C/C. The van der Waals surface area contributed by atoms with Crippen LogP contribution in [-0.4, -0.2) is 25.2 Å². The summed E-state index contributed by atoms with van der Waals surface area (Å²) >= 11 is 0. The zero-order chi connectivity index (χ0) is 14.8. The summed E-state index contributed by atoms with van der Waals surface area (Å²) in [4.78, 5) is 24.0. The van der Waals surface area contributed by atoms with Crippen molar-refractivity contribution in [2.45, 2.75) is 26.7 Å². The van der Waals surface area contributed by atoms with Crippen molar-refractivity contribution >= 4 is 11.9 Å². The van der Waals surface area contributed by atoms with Crippen molar-refractivity contribution in [1.82, 2.24) is 0 Å². The fourth-order valence-electron chi connectivity index (χ4n) is 2.00. The van der Waals surface area contributed by atoms with Crippen LogP contribution in [0, 0.1) is 11.8 Å². The number of hydrogen-bond donors (Lipinski definition) is 0. The molecule has 0 aromatic rings. The highest BCUT2D eigenvalue weighted by Crippen LogP contribution is 2.28. The molecule has 0 radical (unpaired) electrons. The maximum Gasteiger partial charge on any atom is 0.310 e. The lowest BCUT2D eigenvalue weighted by atomic mass is 9.83. The first-order valence-electron chi connectivity index (χ1n) is 6.91. The summed E-state index contributed by atoms with van der Waals surface area (Å²) in [5.74, 6) is -1.55. The van der Waals surface area contributed by atoms with E-state index in [1.54, 1.807) is 12.2 Å². The van der Waals surface area contributed by atoms with Gasteiger partial charge in [-0.2, -0.15) is 0 Å². The lowest BCUT2D eigenvalue weighted by Gasteiger charge is -2.24. The fourth-order valence-corrected chi connectivity index (χ4v) is 2.00. The first-order valence-corrected chi connectivity index (χ1v) is 6.91. The first kappa shape index (κ1) is 16.2. The van der Waals surface area contributed by atoms with E-state index in [0.29, 0.717) is 12.8 Å². The molecule has 2 atom stereocenters. The third-order valence-corrected chi connectivity index (χ3v) is 3.15. The summed E-state index contributed by atoms with van der Waals surface area (Å²) < 4.78 is 10.3. The molecule has 0 aliphatic heterocycles. The lowest BCUT2D eigenvalue weighted by Crippen LogP contribution is -2.33. The molecule has 0 heterocycles. The molecule has 0 N–H and O–H groups in total. The Kier molecular flexibility index (Phi) is 7.40. The van der Waals surface area contributed by atoms with Gasteiger partial charge in [-0.15, -0.1) is 0 Å². The van der Waals surface area contributed by atoms with Crippen molar-refractivity contribution in [3.63, 3.8) is 0 Å². The van der Waals surface area contributed by atoms with E-state index in [0.717, 1.165) is 0 Å². The van der Waals surface area contributed by atoms with Crippen LogP contribution in [0.5, 0.6) is 0 Å². The highest BCUT2D eigenvalue weighted by atomic mass is 16.5. The van der Waals surface area contributed by atoms with Crippen molar-refractivity contribution in [2.24, 2.45) is 11.8 Å². The van der Waals surface area contributed by atoms with Crippen LogP contribution >= 0.6 is 0 Å². The minimum absolute atomic E-state index is 0.246. The predicted octanol–water partition coefficient (Wildman–Crippen LogP) is 2.81. The van der Waals surface area contributed by atoms with E-state index in [-0.39, 0.29) is 25.2 Å². The van der Waals surface area contributed by atoms with Crippen molar-refractivity contribution in [3.05, 3.63) is 36.5 Å². The van der Waals surface area contributed by atoms with E-state index in [1.807, 2.05) is 38.2 Å². The second-order valence-electron chi connectivity index (χ2n) is 4.55. The van der Waals surface area contributed by atoms with Gasteiger partial charge in [0, 0.05) is 0 Å². The maximum absolute atomic E-state index is 12.0. The van der Waals surface area contributed by atoms with Crippen molar-refractivity contribution < 1.29 is 19.1 Å². The van der Waals surface area contributed by atoms with Crippen LogP contribution < -0.4 is 0 Å². The Bertz CT molecular complexity index is 369. The van der Waals surface area contributed by atoms with Crippen molar-refractivity contribution in [3.8, 4) is 0 Å². The quantitative estimate of drug-likeness (QED) is 0.554. The van der Waals surface area contributed by atoms with Gasteiger partial charge in [-0.05, 0) is 26.7 Å². The second kappa shape index (κ2) is 9.13. The minimum Gasteiger partial charge on any atom is -0.461 e. The Morgan fingerprint density at radius 1 is 0.950 bits per heavy atom. The molecule has 110 valence electrons. The Morgan fingerprint density at radius 2 is 1.35 bits per heavy atom. The zero-order valence-electron chi connectivity index (χ0n) is 12.1. The number of carbonyl (C=O) groups is 2. The van der Waals surface area contributed by atoms with E-state index in [2.05, 4.69) is 0 Å². The molecule has 0 aromatic heterocycles. The topological polar surface area (TPSA) is 52.6 Å². The molecular formula is C16H22O4. The molecule has 1 rings (SSSR count). The molecule has 0 fully saturated rings. The number of ether oxygens (including phenoxy) is 2. The number of rotatable bonds is 6. The van der Waals surface area contributed by atoms with Gasteiger partial charge in [-0.3, -0.25) is 9.59 Å². The summed E-state index contributed by atoms with van der Waals surface area (Å²) in [7, 11) is 0. The monoisotopic (exact) mass is 278 g/mol. The van der Waals surface area contributed by atoms with Gasteiger partial charge >= 0.3 is 11.9 Å². The molecule has 0 saturated carbocycles. The summed E-state index contributed by atoms with van der Waals surface area (Å²) in [6.07, 6.45) is 12.0. The number of hydrogen-bond acceptors (Lipinski definition) is 4. The van der Waals surface area contributed by atoms with Gasteiger partial charge in [0.05, 0.1) is 11.8 Å². The molecule has 0 amide bonds. The first-order chi connectivity index (χ1) is 9.70. The highest BCUT2D eigenvalue weighted by Gasteiger charge is 2.36. The molecule has 0 saturated heterocycles. The number of carbonyl (C=O) groups excluding carboxylic acids is 2. The van der Waals surface area contributed by atoms with E-state index in [4.69, 9.17) is 9.47 Å². The number of allylic oxidation sites excluding steroid dienone is 4. The van der Waals surface area contributed by atoms with E-state index in [9.17, 15) is 9.59 Å². The Labute approximate surface area is 120 Å². The molecule has 4 heteroatoms. The number of esters is 2. The molecule has 0 spiro atoms. The smallest absolute Gasteiger partial charge is 0.310 e. The largest absolute Gasteiger partial charge is 0.461 e. The highest BCUT2D eigenvalue weighted by molar-refractivity contribution is 5.82. The molecule has 0 aromatic carbocycles. The average Bonchev–Trinajstić information content (AvgIpc) is 2.47. The summed E-state index contributed by atoms with van der Waals surface area (Å²) in [6.45, 7) is 4.21. The summed E-state index contributed by atoms with van der Waals surface area (Å²) in [5, 5.41) is 0. The van der Waals surface area contributed by atoms with Gasteiger partial charge in [0.2, 0.25) is 0 Å². The van der Waals surface area contributed by atoms with Gasteiger partial charge in [-0.1, -0.05) is 36.5 Å². The maximum atomic E-state index is 12.0. The molecule has 4 nitrogen and oxygen atoms in total. The van der Waals surface area contributed by atoms with Crippen LogP contribution in [-0.2, 0) is 19.1 Å². The van der Waals surface area contributed by atoms with Crippen LogP contribution in [0.25, 0.3) is 0 Å². The van der Waals surface area contributed by atoms with Crippen LogP contribution in [0.1, 0.15) is 26.7 Å². The third-order valence-electron chi connectivity index (χ3n) is 3.15. The Hall–Kier alpha value is -1.84. The summed E-state index contributed by atoms with van der Waals surface area (Å²) in [6, 6.07) is 0. The van der Waals surface area contributed by atoms with Crippen LogP contribution in [0.2, 0.25) is 0 Å². The van der Waals surface area contributed by atoms with Crippen LogP contribution in [0.3, 0.4) is 0 Å². The second-order valence-corrected chi connectivity index (χ2v) is 4.55. The minimum atomic E-state index is -0.441. The van der Waals surface area contributed by atoms with Gasteiger partial charge in [-0.25, -0.2) is 0 Å². The summed E-state index contributed by atoms with van der Waals surface area (Å²) in [5.41, 5.74) is 0. The lowest BCUT2D eigenvalue weighted by molar-refractivity contribution is -0.159. The van der Waals surface area contributed by atoms with Gasteiger partial charge in [0.1, 0.15) is 13.2 Å². The molecule has 2 unspecified atom stereocenters. The fraction of sp³-hybridized carbons (Fsp3) is 0.500. The third kappa shape index (κ3) is 5.03. The zero-order valence-corrected chi connectivity index (χ0v) is 12.1. The van der Waals surface area contributed by atoms with Gasteiger partial charge in [0.15, 0.2) is 0 Å². The Morgan fingerprint density at radius 3 is 1.70 bits per heavy atom. The van der Waals surface area contributed by atoms with Crippen LogP contribution in [0.15, 0.2) is 36.5 Å². The molecule has 0 bridgehead atoms. The van der Waals surface area contributed by atoms with E-state index in [1.165, 1.54) is 0 Å². The standard InChI is InChI=1S/C16H22O4/c1-3-5-11-19-15(17)13-9-7-8-10-14(13)16(18)20-12-6-4-2/h3-8,13-14H,9-12H2,1-2H3/b5-3+,6-4+. The predicted molar refractivity (Wildman–Crippen MR) is 76.9 cm³/mol.